The molecule has 0 bridgehead atoms. The number of anilines is 1. The molecule has 0 N–H and O–H groups in total. The smallest absolute Gasteiger partial charge is 0.267 e. The standard InChI is InChI=1S/C27H29BrN4O3S3/c1-18(2)16-31(17-19(3)4)38(34,35)23-10-7-20(8-11-23)26(33)32(29-15-22-6-5-13-36-22)27-30-24-12-9-21(28)14-25(24)37-27/h5-15,18-19H,16-17H2,1-4H3/b29-15+. The summed E-state index contributed by atoms with van der Waals surface area (Å²) in [6, 6.07) is 15.6. The first-order valence-electron chi connectivity index (χ1n) is 12.1. The molecular weight excluding hydrogens is 604 g/mol. The first-order chi connectivity index (χ1) is 18.0. The molecule has 2 heterocycles. The molecule has 2 aromatic heterocycles. The Hall–Kier alpha value is -2.44. The SMILES string of the molecule is CC(C)CN(CC(C)C)S(=O)(=O)c1ccc(C(=O)N(/N=C/c2cccs2)c2nc3ccc(Br)cc3s2)cc1. The van der Waals surface area contributed by atoms with Gasteiger partial charge in [-0.2, -0.15) is 14.4 Å². The molecule has 0 aliphatic rings. The third kappa shape index (κ3) is 6.76. The van der Waals surface area contributed by atoms with Crippen LogP contribution >= 0.6 is 38.6 Å². The molecular formula is C27H29BrN4O3S3. The predicted octanol–water partition coefficient (Wildman–Crippen LogP) is 7.10. The summed E-state index contributed by atoms with van der Waals surface area (Å²) in [6.45, 7) is 8.85. The van der Waals surface area contributed by atoms with Crippen LogP contribution in [-0.4, -0.2) is 42.9 Å². The van der Waals surface area contributed by atoms with E-state index in [0.717, 1.165) is 19.6 Å². The van der Waals surface area contributed by atoms with Crippen LogP contribution in [0.4, 0.5) is 5.13 Å². The largest absolute Gasteiger partial charge is 0.280 e. The van der Waals surface area contributed by atoms with E-state index in [1.807, 2.05) is 63.4 Å². The number of carbonyl (C=O) groups is 1. The third-order valence-electron chi connectivity index (χ3n) is 5.43. The van der Waals surface area contributed by atoms with E-state index >= 15 is 0 Å². The molecule has 7 nitrogen and oxygen atoms in total. The summed E-state index contributed by atoms with van der Waals surface area (Å²) in [5.41, 5.74) is 1.07. The van der Waals surface area contributed by atoms with E-state index in [4.69, 9.17) is 0 Å². The van der Waals surface area contributed by atoms with Crippen molar-refractivity contribution in [3.63, 3.8) is 0 Å². The van der Waals surface area contributed by atoms with Gasteiger partial charge in [0.2, 0.25) is 15.2 Å². The molecule has 0 spiro atoms. The second-order valence-electron chi connectivity index (χ2n) is 9.62. The number of thiophene rings is 1. The van der Waals surface area contributed by atoms with Crippen LogP contribution in [-0.2, 0) is 10.0 Å². The van der Waals surface area contributed by atoms with Crippen molar-refractivity contribution < 1.29 is 13.2 Å². The zero-order valence-corrected chi connectivity index (χ0v) is 25.6. The van der Waals surface area contributed by atoms with Gasteiger partial charge in [-0.05, 0) is 65.7 Å². The Morgan fingerprint density at radius 3 is 2.34 bits per heavy atom. The number of fused-ring (bicyclic) bond motifs is 1. The molecule has 0 aliphatic carbocycles. The summed E-state index contributed by atoms with van der Waals surface area (Å²) in [6.07, 6.45) is 1.62. The quantitative estimate of drug-likeness (QED) is 0.138. The molecule has 0 saturated carbocycles. The first-order valence-corrected chi connectivity index (χ1v) is 16.1. The number of hydrogen-bond acceptors (Lipinski definition) is 7. The van der Waals surface area contributed by atoms with Gasteiger partial charge in [-0.3, -0.25) is 4.79 Å². The van der Waals surface area contributed by atoms with Gasteiger partial charge < -0.3 is 0 Å². The van der Waals surface area contributed by atoms with Gasteiger partial charge >= 0.3 is 0 Å². The van der Waals surface area contributed by atoms with E-state index in [-0.39, 0.29) is 16.7 Å². The highest BCUT2D eigenvalue weighted by atomic mass is 79.9. The maximum atomic E-state index is 13.6. The summed E-state index contributed by atoms with van der Waals surface area (Å²) in [7, 11) is -3.70. The van der Waals surface area contributed by atoms with Crippen molar-refractivity contribution in [3.05, 3.63) is 74.9 Å². The topological polar surface area (TPSA) is 82.9 Å². The fourth-order valence-electron chi connectivity index (χ4n) is 3.77. The highest BCUT2D eigenvalue weighted by Crippen LogP contribution is 2.32. The number of rotatable bonds is 10. The second-order valence-corrected chi connectivity index (χ2v) is 14.5. The van der Waals surface area contributed by atoms with Gasteiger partial charge in [-0.25, -0.2) is 13.4 Å². The number of carbonyl (C=O) groups excluding carboxylic acids is 1. The molecule has 2 aromatic carbocycles. The number of aromatic nitrogens is 1. The Balaban J connectivity index is 1.67. The minimum atomic E-state index is -3.70. The monoisotopic (exact) mass is 632 g/mol. The Morgan fingerprint density at radius 1 is 1.05 bits per heavy atom. The lowest BCUT2D eigenvalue weighted by molar-refractivity contribution is 0.0987. The average molecular weight is 634 g/mol. The van der Waals surface area contributed by atoms with Gasteiger partial charge in [0.1, 0.15) is 0 Å². The summed E-state index contributed by atoms with van der Waals surface area (Å²) >= 11 is 6.34. The Bertz CT molecular complexity index is 1520. The van der Waals surface area contributed by atoms with Gasteiger partial charge in [-0.1, -0.05) is 61.0 Å². The third-order valence-corrected chi connectivity index (χ3v) is 9.57. The van der Waals surface area contributed by atoms with Crippen LogP contribution in [0.2, 0.25) is 0 Å². The lowest BCUT2D eigenvalue weighted by atomic mass is 10.2. The van der Waals surface area contributed by atoms with Crippen molar-refractivity contribution in [3.8, 4) is 0 Å². The lowest BCUT2D eigenvalue weighted by Crippen LogP contribution is -2.37. The summed E-state index contributed by atoms with van der Waals surface area (Å²) < 4.78 is 30.1. The number of sulfonamides is 1. The maximum absolute atomic E-state index is 13.6. The molecule has 11 heteroatoms. The fraction of sp³-hybridized carbons (Fsp3) is 0.296. The highest BCUT2D eigenvalue weighted by molar-refractivity contribution is 9.10. The van der Waals surface area contributed by atoms with Crippen molar-refractivity contribution in [2.45, 2.75) is 32.6 Å². The van der Waals surface area contributed by atoms with Gasteiger partial charge in [0.05, 0.1) is 21.3 Å². The van der Waals surface area contributed by atoms with E-state index < -0.39 is 15.9 Å². The predicted molar refractivity (Wildman–Crippen MR) is 161 cm³/mol. The molecule has 0 radical (unpaired) electrons. The molecule has 4 aromatic rings. The number of benzene rings is 2. The second kappa shape index (κ2) is 12.2. The van der Waals surface area contributed by atoms with Crippen molar-refractivity contribution in [2.24, 2.45) is 16.9 Å². The number of nitrogens with zero attached hydrogens (tertiary/aromatic N) is 4. The van der Waals surface area contributed by atoms with Crippen LogP contribution in [0.25, 0.3) is 10.2 Å². The molecule has 0 unspecified atom stereocenters. The molecule has 0 fully saturated rings. The maximum Gasteiger partial charge on any atom is 0.280 e. The van der Waals surface area contributed by atoms with Crippen LogP contribution in [0.15, 0.2) is 74.4 Å². The first kappa shape index (κ1) is 28.6. The van der Waals surface area contributed by atoms with Gasteiger partial charge in [-0.15, -0.1) is 11.3 Å². The van der Waals surface area contributed by atoms with E-state index in [0.29, 0.717) is 23.8 Å². The molecule has 38 heavy (non-hydrogen) atoms. The van der Waals surface area contributed by atoms with Crippen molar-refractivity contribution in [2.75, 3.05) is 18.1 Å². The summed E-state index contributed by atoms with van der Waals surface area (Å²) in [5, 5.41) is 8.10. The Morgan fingerprint density at radius 2 is 1.74 bits per heavy atom. The van der Waals surface area contributed by atoms with Crippen molar-refractivity contribution in [1.82, 2.24) is 9.29 Å². The summed E-state index contributed by atoms with van der Waals surface area (Å²) in [5.74, 6) is -0.0248. The van der Waals surface area contributed by atoms with E-state index in [2.05, 4.69) is 26.0 Å². The molecule has 200 valence electrons. The lowest BCUT2D eigenvalue weighted by Gasteiger charge is -2.25. The van der Waals surface area contributed by atoms with Crippen LogP contribution in [0.5, 0.6) is 0 Å². The normalized spacial score (nSPS) is 12.4. The van der Waals surface area contributed by atoms with Crippen molar-refractivity contribution >= 4 is 76.1 Å². The van der Waals surface area contributed by atoms with Crippen LogP contribution < -0.4 is 5.01 Å². The zero-order chi connectivity index (χ0) is 27.4. The number of amides is 1. The minimum absolute atomic E-state index is 0.161. The fourth-order valence-corrected chi connectivity index (χ4v) is 7.59. The van der Waals surface area contributed by atoms with Crippen LogP contribution in [0.3, 0.4) is 0 Å². The van der Waals surface area contributed by atoms with Gasteiger partial charge in [0.25, 0.3) is 5.91 Å². The van der Waals surface area contributed by atoms with Crippen LogP contribution in [0.1, 0.15) is 42.9 Å². The number of halogens is 1. The molecule has 1 amide bonds. The van der Waals surface area contributed by atoms with E-state index in [9.17, 15) is 13.2 Å². The molecule has 0 aliphatic heterocycles. The Labute approximate surface area is 240 Å². The van der Waals surface area contributed by atoms with Gasteiger partial charge in [0.15, 0.2) is 0 Å². The van der Waals surface area contributed by atoms with Crippen LogP contribution in [0, 0.1) is 11.8 Å². The minimum Gasteiger partial charge on any atom is -0.267 e. The van der Waals surface area contributed by atoms with Crippen molar-refractivity contribution in [1.29, 1.82) is 0 Å². The van der Waals surface area contributed by atoms with Gasteiger partial charge in [0, 0.05) is 28.0 Å². The average Bonchev–Trinajstić information content (AvgIpc) is 3.53. The number of hydrogen-bond donors (Lipinski definition) is 0. The number of thiazole rings is 1. The molecule has 0 saturated heterocycles. The summed E-state index contributed by atoms with van der Waals surface area (Å²) in [4.78, 5) is 19.3. The van der Waals surface area contributed by atoms with E-state index in [1.165, 1.54) is 56.3 Å². The molecule has 0 atom stereocenters. The molecule has 4 rings (SSSR count). The van der Waals surface area contributed by atoms with E-state index in [1.54, 1.807) is 6.21 Å². The zero-order valence-electron chi connectivity index (χ0n) is 21.5. The number of hydrazone groups is 1. The Kier molecular flexibility index (Phi) is 9.15. The highest BCUT2D eigenvalue weighted by Gasteiger charge is 2.27.